The monoisotopic (exact) mass is 335 g/mol. The van der Waals surface area contributed by atoms with Crippen molar-refractivity contribution in [3.05, 3.63) is 82.8 Å². The molecule has 0 atom stereocenters. The fraction of sp³-hybridized carbons (Fsp3) is 0.105. The van der Waals surface area contributed by atoms with Crippen LogP contribution in [0.15, 0.2) is 66.9 Å². The molecule has 0 aliphatic carbocycles. The third kappa shape index (κ3) is 3.94. The van der Waals surface area contributed by atoms with Gasteiger partial charge in [-0.3, -0.25) is 10.2 Å². The lowest BCUT2D eigenvalue weighted by Gasteiger charge is -2.10. The van der Waals surface area contributed by atoms with E-state index in [0.29, 0.717) is 11.2 Å². The van der Waals surface area contributed by atoms with E-state index in [9.17, 15) is 4.79 Å². The van der Waals surface area contributed by atoms with Gasteiger partial charge in [0.1, 0.15) is 0 Å². The second-order valence-corrected chi connectivity index (χ2v) is 5.89. The minimum atomic E-state index is -0.137. The molecule has 5 heteroatoms. The predicted octanol–water partition coefficient (Wildman–Crippen LogP) is 3.90. The summed E-state index contributed by atoms with van der Waals surface area (Å²) < 4.78 is 1.78. The lowest BCUT2D eigenvalue weighted by Crippen LogP contribution is -2.25. The molecule has 0 saturated heterocycles. The fourth-order valence-electron chi connectivity index (χ4n) is 2.33. The van der Waals surface area contributed by atoms with E-state index in [0.717, 1.165) is 16.8 Å². The molecular formula is C19H17N3OS. The van der Waals surface area contributed by atoms with E-state index in [1.165, 1.54) is 10.2 Å². The molecular weight excluding hydrogens is 318 g/mol. The molecule has 120 valence electrons. The van der Waals surface area contributed by atoms with Gasteiger partial charge in [0, 0.05) is 11.8 Å². The average molecular weight is 335 g/mol. The van der Waals surface area contributed by atoms with E-state index in [-0.39, 0.29) is 5.91 Å². The summed E-state index contributed by atoms with van der Waals surface area (Å²) in [7, 11) is 0. The van der Waals surface area contributed by atoms with Crippen molar-refractivity contribution in [2.75, 3.05) is 5.43 Å². The predicted molar refractivity (Wildman–Crippen MR) is 97.7 cm³/mol. The molecule has 0 radical (unpaired) electrons. The van der Waals surface area contributed by atoms with E-state index in [1.54, 1.807) is 6.20 Å². The maximum absolute atomic E-state index is 12.1. The number of carbonyl (C=O) groups is 1. The third-order valence-corrected chi connectivity index (χ3v) is 3.89. The zero-order valence-corrected chi connectivity index (χ0v) is 14.1. The molecule has 0 spiro atoms. The van der Waals surface area contributed by atoms with Gasteiger partial charge < -0.3 is 0 Å². The van der Waals surface area contributed by atoms with Crippen molar-refractivity contribution in [1.82, 2.24) is 9.66 Å². The number of rotatable bonds is 4. The van der Waals surface area contributed by atoms with Gasteiger partial charge in [-0.1, -0.05) is 60.2 Å². The molecule has 1 amide bonds. The van der Waals surface area contributed by atoms with Crippen LogP contribution in [0.5, 0.6) is 0 Å². The Balaban J connectivity index is 1.74. The number of aromatic nitrogens is 2. The van der Waals surface area contributed by atoms with Crippen LogP contribution in [0.2, 0.25) is 0 Å². The molecule has 3 aromatic rings. The average Bonchev–Trinajstić information content (AvgIpc) is 2.58. The van der Waals surface area contributed by atoms with Gasteiger partial charge >= 0.3 is 0 Å². The minimum Gasteiger partial charge on any atom is -0.273 e. The first kappa shape index (κ1) is 16.1. The molecule has 2 aromatic carbocycles. The molecule has 0 unspecified atom stereocenters. The maximum Gasteiger partial charge on any atom is 0.243 e. The summed E-state index contributed by atoms with van der Waals surface area (Å²) >= 11 is 5.29. The summed E-state index contributed by atoms with van der Waals surface area (Å²) in [6.45, 7) is 2.04. The summed E-state index contributed by atoms with van der Waals surface area (Å²) in [4.78, 5) is 16.5. The highest BCUT2D eigenvalue weighted by Crippen LogP contribution is 2.16. The number of aryl methyl sites for hydroxylation is 1. The summed E-state index contributed by atoms with van der Waals surface area (Å²) in [6, 6.07) is 19.5. The quantitative estimate of drug-likeness (QED) is 0.736. The number of carbonyl (C=O) groups excluding carboxylic acids is 1. The first-order valence-corrected chi connectivity index (χ1v) is 8.03. The van der Waals surface area contributed by atoms with Crippen LogP contribution in [0.1, 0.15) is 11.1 Å². The van der Waals surface area contributed by atoms with Crippen LogP contribution in [0.4, 0.5) is 0 Å². The van der Waals surface area contributed by atoms with Gasteiger partial charge in [-0.2, -0.15) is 0 Å². The maximum atomic E-state index is 12.1. The Morgan fingerprint density at radius 1 is 1.08 bits per heavy atom. The molecule has 0 saturated carbocycles. The van der Waals surface area contributed by atoms with Crippen LogP contribution in [0.25, 0.3) is 11.3 Å². The van der Waals surface area contributed by atoms with Gasteiger partial charge in [-0.15, -0.1) is 0 Å². The van der Waals surface area contributed by atoms with Crippen molar-refractivity contribution in [3.8, 4) is 11.3 Å². The van der Waals surface area contributed by atoms with Gasteiger partial charge in [0.25, 0.3) is 0 Å². The van der Waals surface area contributed by atoms with Crippen molar-refractivity contribution in [3.63, 3.8) is 0 Å². The number of nitrogens with zero attached hydrogens (tertiary/aromatic N) is 2. The molecule has 1 N–H and O–H groups in total. The molecule has 24 heavy (non-hydrogen) atoms. The SMILES string of the molecule is Cc1ccc(-c2ccn(NC(=O)Cc3ccccc3)c(=S)n2)cc1. The van der Waals surface area contributed by atoms with Crippen LogP contribution >= 0.6 is 12.2 Å². The van der Waals surface area contributed by atoms with E-state index in [1.807, 2.05) is 67.6 Å². The second-order valence-electron chi connectivity index (χ2n) is 5.53. The van der Waals surface area contributed by atoms with Gasteiger partial charge in [-0.25, -0.2) is 9.66 Å². The molecule has 4 nitrogen and oxygen atoms in total. The number of hydrogen-bond acceptors (Lipinski definition) is 3. The van der Waals surface area contributed by atoms with E-state index in [2.05, 4.69) is 10.4 Å². The topological polar surface area (TPSA) is 46.9 Å². The minimum absolute atomic E-state index is 0.137. The fourth-order valence-corrected chi connectivity index (χ4v) is 2.53. The highest BCUT2D eigenvalue weighted by Gasteiger charge is 2.05. The van der Waals surface area contributed by atoms with E-state index >= 15 is 0 Å². The Morgan fingerprint density at radius 2 is 1.79 bits per heavy atom. The zero-order valence-electron chi connectivity index (χ0n) is 13.3. The van der Waals surface area contributed by atoms with Crippen molar-refractivity contribution in [2.45, 2.75) is 13.3 Å². The Morgan fingerprint density at radius 3 is 2.46 bits per heavy atom. The van der Waals surface area contributed by atoms with Crippen molar-refractivity contribution < 1.29 is 4.79 Å². The Hall–Kier alpha value is -2.79. The Labute approximate surface area is 145 Å². The van der Waals surface area contributed by atoms with Crippen molar-refractivity contribution in [2.24, 2.45) is 0 Å². The first-order chi connectivity index (χ1) is 11.6. The van der Waals surface area contributed by atoms with Gasteiger partial charge in [0.05, 0.1) is 12.1 Å². The van der Waals surface area contributed by atoms with Crippen molar-refractivity contribution in [1.29, 1.82) is 0 Å². The normalized spacial score (nSPS) is 10.4. The number of hydrogen-bond donors (Lipinski definition) is 1. The smallest absolute Gasteiger partial charge is 0.243 e. The van der Waals surface area contributed by atoms with Crippen molar-refractivity contribution >= 4 is 18.1 Å². The van der Waals surface area contributed by atoms with Gasteiger partial charge in [-0.05, 0) is 30.8 Å². The molecule has 1 aromatic heterocycles. The molecule has 1 heterocycles. The third-order valence-electron chi connectivity index (χ3n) is 3.60. The standard InChI is InChI=1S/C19H17N3OS/c1-14-7-9-16(10-8-14)17-11-12-22(19(24)20-17)21-18(23)13-15-5-3-2-4-6-15/h2-12H,13H2,1H3,(H,21,23). The Bertz CT molecular complexity index is 902. The number of benzene rings is 2. The summed E-state index contributed by atoms with van der Waals surface area (Å²) in [5.41, 5.74) is 6.68. The summed E-state index contributed by atoms with van der Waals surface area (Å²) in [5, 5.41) is 0. The van der Waals surface area contributed by atoms with Crippen LogP contribution < -0.4 is 5.43 Å². The zero-order chi connectivity index (χ0) is 16.9. The molecule has 0 aliphatic rings. The Kier molecular flexibility index (Phi) is 4.82. The highest BCUT2D eigenvalue weighted by atomic mass is 32.1. The van der Waals surface area contributed by atoms with Crippen LogP contribution in [0, 0.1) is 11.7 Å². The number of nitrogens with one attached hydrogen (secondary N) is 1. The second kappa shape index (κ2) is 7.19. The van der Waals surface area contributed by atoms with Crippen LogP contribution in [0.3, 0.4) is 0 Å². The lowest BCUT2D eigenvalue weighted by atomic mass is 10.1. The van der Waals surface area contributed by atoms with E-state index in [4.69, 9.17) is 12.2 Å². The largest absolute Gasteiger partial charge is 0.273 e. The van der Waals surface area contributed by atoms with Gasteiger partial charge in [0.2, 0.25) is 10.7 Å². The summed E-state index contributed by atoms with van der Waals surface area (Å²) in [5.74, 6) is -0.137. The molecule has 0 aliphatic heterocycles. The summed E-state index contributed by atoms with van der Waals surface area (Å²) in [6.07, 6.45) is 2.02. The lowest BCUT2D eigenvalue weighted by molar-refractivity contribution is -0.116. The molecule has 0 fully saturated rings. The first-order valence-electron chi connectivity index (χ1n) is 7.62. The van der Waals surface area contributed by atoms with Gasteiger partial charge in [0.15, 0.2) is 0 Å². The number of amides is 1. The van der Waals surface area contributed by atoms with Crippen LogP contribution in [-0.4, -0.2) is 15.6 Å². The van der Waals surface area contributed by atoms with E-state index < -0.39 is 0 Å². The van der Waals surface area contributed by atoms with Crippen LogP contribution in [-0.2, 0) is 11.2 Å². The highest BCUT2D eigenvalue weighted by molar-refractivity contribution is 7.71. The molecule has 3 rings (SSSR count). The molecule has 0 bridgehead atoms.